The average Bonchev–Trinajstić information content (AvgIpc) is 2.72. The Labute approximate surface area is 128 Å². The molecule has 7 heteroatoms. The molecule has 0 bridgehead atoms. The van der Waals surface area contributed by atoms with Gasteiger partial charge in [0.1, 0.15) is 11.5 Å². The molecule has 1 aromatic heterocycles. The minimum atomic E-state index is -3.57. The van der Waals surface area contributed by atoms with Crippen LogP contribution < -0.4 is 4.72 Å². The molecule has 0 aliphatic heterocycles. The van der Waals surface area contributed by atoms with Crippen molar-refractivity contribution in [3.05, 3.63) is 50.8 Å². The van der Waals surface area contributed by atoms with E-state index < -0.39 is 10.0 Å². The van der Waals surface area contributed by atoms with Crippen LogP contribution >= 0.6 is 31.9 Å². The molecule has 102 valence electrons. The van der Waals surface area contributed by atoms with Crippen LogP contribution in [0, 0.1) is 6.92 Å². The molecule has 0 radical (unpaired) electrons. The first-order chi connectivity index (χ1) is 8.88. The zero-order chi connectivity index (χ0) is 14.0. The summed E-state index contributed by atoms with van der Waals surface area (Å²) >= 11 is 6.52. The molecular weight excluding hydrogens is 398 g/mol. The summed E-state index contributed by atoms with van der Waals surface area (Å²) in [5.41, 5.74) is 0. The van der Waals surface area contributed by atoms with Crippen LogP contribution in [0.3, 0.4) is 0 Å². The van der Waals surface area contributed by atoms with E-state index >= 15 is 0 Å². The Morgan fingerprint density at radius 1 is 1.21 bits per heavy atom. The van der Waals surface area contributed by atoms with Crippen LogP contribution in [0.1, 0.15) is 11.5 Å². The highest BCUT2D eigenvalue weighted by Crippen LogP contribution is 2.25. The molecule has 0 aliphatic rings. The molecule has 19 heavy (non-hydrogen) atoms. The van der Waals surface area contributed by atoms with Crippen molar-refractivity contribution < 1.29 is 12.8 Å². The maximum absolute atomic E-state index is 12.1. The van der Waals surface area contributed by atoms with Crippen molar-refractivity contribution >= 4 is 41.9 Å². The van der Waals surface area contributed by atoms with E-state index in [1.807, 2.05) is 6.92 Å². The second kappa shape index (κ2) is 5.78. The van der Waals surface area contributed by atoms with Crippen LogP contribution in [0.15, 0.2) is 48.6 Å². The second-order valence-electron chi connectivity index (χ2n) is 3.91. The van der Waals surface area contributed by atoms with Gasteiger partial charge >= 0.3 is 0 Å². The van der Waals surface area contributed by atoms with Crippen LogP contribution in [0.5, 0.6) is 0 Å². The number of aryl methyl sites for hydroxylation is 1. The summed E-state index contributed by atoms with van der Waals surface area (Å²) in [7, 11) is -3.57. The number of nitrogens with one attached hydrogen (secondary N) is 1. The van der Waals surface area contributed by atoms with Crippen LogP contribution in [0.4, 0.5) is 0 Å². The molecule has 1 heterocycles. The van der Waals surface area contributed by atoms with Gasteiger partial charge in [0.25, 0.3) is 0 Å². The zero-order valence-electron chi connectivity index (χ0n) is 9.98. The summed E-state index contributed by atoms with van der Waals surface area (Å²) < 4.78 is 33.4. The Balaban J connectivity index is 2.18. The van der Waals surface area contributed by atoms with Crippen molar-refractivity contribution in [2.45, 2.75) is 18.4 Å². The van der Waals surface area contributed by atoms with E-state index in [-0.39, 0.29) is 11.4 Å². The summed E-state index contributed by atoms with van der Waals surface area (Å²) in [6, 6.07) is 8.43. The highest BCUT2D eigenvalue weighted by molar-refractivity contribution is 9.11. The Morgan fingerprint density at radius 3 is 2.53 bits per heavy atom. The van der Waals surface area contributed by atoms with Crippen LogP contribution in [-0.2, 0) is 16.6 Å². The Bertz CT molecular complexity index is 695. The number of sulfonamides is 1. The second-order valence-corrected chi connectivity index (χ2v) is 7.42. The molecule has 0 saturated heterocycles. The number of rotatable bonds is 4. The lowest BCUT2D eigenvalue weighted by Crippen LogP contribution is -2.23. The SMILES string of the molecule is Cc1ccc(CNS(=O)(=O)c2ccc(Br)cc2Br)o1. The van der Waals surface area contributed by atoms with Gasteiger partial charge in [-0.05, 0) is 53.2 Å². The van der Waals surface area contributed by atoms with Crippen molar-refractivity contribution in [1.82, 2.24) is 4.72 Å². The molecule has 1 aromatic carbocycles. The highest BCUT2D eigenvalue weighted by atomic mass is 79.9. The van der Waals surface area contributed by atoms with Crippen molar-refractivity contribution in [2.24, 2.45) is 0 Å². The Hall–Kier alpha value is -0.630. The molecule has 4 nitrogen and oxygen atoms in total. The quantitative estimate of drug-likeness (QED) is 0.840. The van der Waals surface area contributed by atoms with Gasteiger partial charge in [-0.25, -0.2) is 13.1 Å². The third-order valence-electron chi connectivity index (χ3n) is 2.42. The van der Waals surface area contributed by atoms with E-state index in [4.69, 9.17) is 4.42 Å². The largest absolute Gasteiger partial charge is 0.465 e. The number of benzene rings is 1. The smallest absolute Gasteiger partial charge is 0.242 e. The van der Waals surface area contributed by atoms with Crippen molar-refractivity contribution in [2.75, 3.05) is 0 Å². The normalized spacial score (nSPS) is 11.7. The topological polar surface area (TPSA) is 59.3 Å². The average molecular weight is 409 g/mol. The van der Waals surface area contributed by atoms with Gasteiger partial charge in [-0.2, -0.15) is 0 Å². The van der Waals surface area contributed by atoms with Gasteiger partial charge in [-0.1, -0.05) is 15.9 Å². The van der Waals surface area contributed by atoms with E-state index in [1.54, 1.807) is 24.3 Å². The van der Waals surface area contributed by atoms with Gasteiger partial charge in [0.15, 0.2) is 0 Å². The fourth-order valence-corrected chi connectivity index (χ4v) is 4.25. The minimum Gasteiger partial charge on any atom is -0.465 e. The number of hydrogen-bond donors (Lipinski definition) is 1. The van der Waals surface area contributed by atoms with E-state index in [1.165, 1.54) is 6.07 Å². The molecule has 0 fully saturated rings. The lowest BCUT2D eigenvalue weighted by molar-refractivity contribution is 0.475. The molecule has 0 spiro atoms. The van der Waals surface area contributed by atoms with Crippen LogP contribution in [0.25, 0.3) is 0 Å². The number of halogens is 2. The fourth-order valence-electron chi connectivity index (χ4n) is 1.52. The highest BCUT2D eigenvalue weighted by Gasteiger charge is 2.17. The molecule has 0 unspecified atom stereocenters. The lowest BCUT2D eigenvalue weighted by Gasteiger charge is -2.07. The van der Waals surface area contributed by atoms with Crippen molar-refractivity contribution in [3.8, 4) is 0 Å². The molecule has 0 atom stereocenters. The maximum Gasteiger partial charge on any atom is 0.242 e. The molecule has 0 aliphatic carbocycles. The molecule has 2 rings (SSSR count). The number of furan rings is 1. The summed E-state index contributed by atoms with van der Waals surface area (Å²) in [5, 5.41) is 0. The third-order valence-corrected chi connectivity index (χ3v) is 5.29. The minimum absolute atomic E-state index is 0.124. The van der Waals surface area contributed by atoms with Gasteiger partial charge in [-0.15, -0.1) is 0 Å². The van der Waals surface area contributed by atoms with Crippen LogP contribution in [0.2, 0.25) is 0 Å². The van der Waals surface area contributed by atoms with Gasteiger partial charge in [0.05, 0.1) is 11.4 Å². The first-order valence-electron chi connectivity index (χ1n) is 5.38. The zero-order valence-corrected chi connectivity index (χ0v) is 14.0. The van der Waals surface area contributed by atoms with Gasteiger partial charge in [-0.3, -0.25) is 0 Å². The predicted molar refractivity (Wildman–Crippen MR) is 79.3 cm³/mol. The first-order valence-corrected chi connectivity index (χ1v) is 8.45. The van der Waals surface area contributed by atoms with Crippen molar-refractivity contribution in [3.63, 3.8) is 0 Å². The lowest BCUT2D eigenvalue weighted by atomic mass is 10.4. The fraction of sp³-hybridized carbons (Fsp3) is 0.167. The van der Waals surface area contributed by atoms with Gasteiger partial charge < -0.3 is 4.42 Å². The van der Waals surface area contributed by atoms with Gasteiger partial charge in [0.2, 0.25) is 10.0 Å². The molecule has 0 saturated carbocycles. The predicted octanol–water partition coefficient (Wildman–Crippen LogP) is 3.59. The van der Waals surface area contributed by atoms with Crippen molar-refractivity contribution in [1.29, 1.82) is 0 Å². The van der Waals surface area contributed by atoms with Crippen LogP contribution in [-0.4, -0.2) is 8.42 Å². The molecular formula is C12H11Br2NO3S. The third kappa shape index (κ3) is 3.68. The molecule has 1 N–H and O–H groups in total. The monoisotopic (exact) mass is 407 g/mol. The number of hydrogen-bond acceptors (Lipinski definition) is 3. The standard InChI is InChI=1S/C12H11Br2NO3S/c1-8-2-4-10(18-8)7-15-19(16,17)12-5-3-9(13)6-11(12)14/h2-6,15H,7H2,1H3. The Morgan fingerprint density at radius 2 is 1.95 bits per heavy atom. The maximum atomic E-state index is 12.1. The van der Waals surface area contributed by atoms with E-state index in [9.17, 15) is 8.42 Å². The van der Waals surface area contributed by atoms with E-state index in [2.05, 4.69) is 36.6 Å². The van der Waals surface area contributed by atoms with E-state index in [0.29, 0.717) is 10.2 Å². The van der Waals surface area contributed by atoms with E-state index in [0.717, 1.165) is 10.2 Å². The summed E-state index contributed by atoms with van der Waals surface area (Å²) in [6.07, 6.45) is 0. The first kappa shape index (κ1) is 14.8. The summed E-state index contributed by atoms with van der Waals surface area (Å²) in [5.74, 6) is 1.33. The summed E-state index contributed by atoms with van der Waals surface area (Å²) in [6.45, 7) is 1.93. The summed E-state index contributed by atoms with van der Waals surface area (Å²) in [4.78, 5) is 0.193. The molecule has 2 aromatic rings. The Kier molecular flexibility index (Phi) is 4.50. The van der Waals surface area contributed by atoms with Gasteiger partial charge in [0, 0.05) is 8.95 Å². The molecule has 0 amide bonds.